The average molecular weight is 547 g/mol. The predicted molar refractivity (Wildman–Crippen MR) is 134 cm³/mol. The first-order valence-corrected chi connectivity index (χ1v) is 11.0. The van der Waals surface area contributed by atoms with E-state index in [-0.39, 0.29) is 35.1 Å². The number of aryl methyl sites for hydroxylation is 1. The van der Waals surface area contributed by atoms with Crippen LogP contribution in [0.1, 0.15) is 37.5 Å². The lowest BCUT2D eigenvalue weighted by Crippen LogP contribution is -3.00. The van der Waals surface area contributed by atoms with Gasteiger partial charge in [0.2, 0.25) is 5.69 Å². The Labute approximate surface area is 214 Å². The number of nitrogens with zero attached hydrogens (tertiary/aromatic N) is 1. The highest BCUT2D eigenvalue weighted by atomic mass is 127. The van der Waals surface area contributed by atoms with Crippen LogP contribution in [0.4, 0.5) is 0 Å². The van der Waals surface area contributed by atoms with Gasteiger partial charge in [0.15, 0.2) is 6.20 Å². The van der Waals surface area contributed by atoms with Gasteiger partial charge in [0.1, 0.15) is 12.8 Å². The third kappa shape index (κ3) is 5.91. The number of hydrogen-bond acceptors (Lipinski definition) is 1. The fraction of sp³-hybridized carbons (Fsp3) is 0.167. The summed E-state index contributed by atoms with van der Waals surface area (Å²) >= 11 is 0. The van der Waals surface area contributed by atoms with Gasteiger partial charge in [0, 0.05) is 11.6 Å². The van der Waals surface area contributed by atoms with Crippen molar-refractivity contribution in [3.05, 3.63) is 108 Å². The first-order chi connectivity index (χ1) is 15.3. The number of phenolic OH excluding ortho intramolecular Hbond substituents is 1. The maximum atomic E-state index is 9.57. The lowest BCUT2D eigenvalue weighted by molar-refractivity contribution is -0.659. The summed E-state index contributed by atoms with van der Waals surface area (Å²) in [6.45, 7) is 6.72. The van der Waals surface area contributed by atoms with E-state index in [0.717, 1.165) is 16.8 Å². The summed E-state index contributed by atoms with van der Waals surface area (Å²) in [5.74, 6) is 0.278. The van der Waals surface area contributed by atoms with Crippen LogP contribution in [0.5, 0.6) is 5.75 Å². The topological polar surface area (TPSA) is 24.1 Å². The van der Waals surface area contributed by atoms with Crippen molar-refractivity contribution in [1.82, 2.24) is 0 Å². The van der Waals surface area contributed by atoms with E-state index >= 15 is 0 Å². The van der Waals surface area contributed by atoms with Crippen LogP contribution in [0, 0.1) is 0 Å². The van der Waals surface area contributed by atoms with Gasteiger partial charge < -0.3 is 29.1 Å². The highest BCUT2D eigenvalue weighted by molar-refractivity contribution is 5.81. The average Bonchev–Trinajstić information content (AvgIpc) is 2.79. The Balaban J connectivity index is 0.00000306. The summed E-state index contributed by atoms with van der Waals surface area (Å²) in [4.78, 5) is 0. The van der Waals surface area contributed by atoms with Gasteiger partial charge >= 0.3 is 0 Å². The van der Waals surface area contributed by atoms with E-state index in [2.05, 4.69) is 105 Å². The molecular weight excluding hydrogens is 517 g/mol. The Hall–Kier alpha value is -2.92. The molecule has 1 aromatic heterocycles. The van der Waals surface area contributed by atoms with Crippen LogP contribution in [0.25, 0.3) is 34.5 Å². The second-order valence-corrected chi connectivity index (χ2v) is 9.26. The molecule has 0 aliphatic heterocycles. The lowest BCUT2D eigenvalue weighted by Gasteiger charge is -2.19. The molecule has 4 rings (SSSR count). The number of aromatic hydroxyl groups is 1. The lowest BCUT2D eigenvalue weighted by atomic mass is 9.86. The fourth-order valence-electron chi connectivity index (χ4n) is 3.86. The molecule has 0 atom stereocenters. The molecule has 1 N–H and O–H groups in total. The largest absolute Gasteiger partial charge is 1.00 e. The number of hydrogen-bond donors (Lipinski definition) is 1. The summed E-state index contributed by atoms with van der Waals surface area (Å²) in [6.07, 6.45) is 6.45. The molecule has 0 saturated carbocycles. The van der Waals surface area contributed by atoms with Crippen LogP contribution in [0.2, 0.25) is 0 Å². The Morgan fingerprint density at radius 3 is 2.00 bits per heavy atom. The highest BCUT2D eigenvalue weighted by Gasteiger charge is 2.18. The zero-order chi connectivity index (χ0) is 22.7. The van der Waals surface area contributed by atoms with Crippen molar-refractivity contribution < 1.29 is 33.7 Å². The Morgan fingerprint density at radius 1 is 0.758 bits per heavy atom. The number of phenols is 1. The first kappa shape index (κ1) is 24.7. The minimum Gasteiger partial charge on any atom is -1.00 e. The third-order valence-corrected chi connectivity index (χ3v) is 5.79. The second kappa shape index (κ2) is 10.3. The molecule has 4 aromatic rings. The van der Waals surface area contributed by atoms with Gasteiger partial charge in [-0.3, -0.25) is 0 Å². The SMILES string of the molecule is C[n+]1cc(-c2ccccc2)c(/C=C/c2ccc(O)cc2)cc1-c1ccc(C(C)(C)C)cc1.[I-]. The Morgan fingerprint density at radius 2 is 1.39 bits per heavy atom. The van der Waals surface area contributed by atoms with Gasteiger partial charge in [0.25, 0.3) is 0 Å². The molecule has 0 spiro atoms. The maximum absolute atomic E-state index is 9.57. The molecule has 0 unspecified atom stereocenters. The van der Waals surface area contributed by atoms with E-state index in [4.69, 9.17) is 0 Å². The van der Waals surface area contributed by atoms with Crippen molar-refractivity contribution in [1.29, 1.82) is 0 Å². The minimum atomic E-state index is 0. The van der Waals surface area contributed by atoms with Crippen molar-refractivity contribution in [3.8, 4) is 28.1 Å². The number of aromatic nitrogens is 1. The van der Waals surface area contributed by atoms with Gasteiger partial charge in [-0.1, -0.05) is 87.5 Å². The van der Waals surface area contributed by atoms with Crippen LogP contribution in [0.15, 0.2) is 91.1 Å². The van der Waals surface area contributed by atoms with Crippen molar-refractivity contribution >= 4 is 12.2 Å². The molecule has 0 aliphatic rings. The first-order valence-electron chi connectivity index (χ1n) is 11.0. The monoisotopic (exact) mass is 547 g/mol. The molecule has 0 radical (unpaired) electrons. The molecule has 0 fully saturated rings. The summed E-state index contributed by atoms with van der Waals surface area (Å²) in [5, 5.41) is 9.57. The number of rotatable bonds is 4. The molecule has 0 bridgehead atoms. The quantitative estimate of drug-likeness (QED) is 0.303. The van der Waals surface area contributed by atoms with E-state index < -0.39 is 0 Å². The van der Waals surface area contributed by atoms with E-state index in [9.17, 15) is 5.11 Å². The molecular formula is C30H30INO. The Kier molecular flexibility index (Phi) is 7.75. The Bertz CT molecular complexity index is 1240. The number of halogens is 1. The molecule has 0 aliphatic carbocycles. The number of pyridine rings is 1. The highest BCUT2D eigenvalue weighted by Crippen LogP contribution is 2.29. The standard InChI is InChI=1S/C30H29NO.HI/c1-30(2,3)26-16-14-24(15-17-26)29-20-25(13-10-22-11-18-27(32)19-12-22)28(21-31(29)4)23-8-6-5-7-9-23;/h5-21H,1-4H3;1H. The minimum absolute atomic E-state index is 0. The van der Waals surface area contributed by atoms with Crippen molar-refractivity contribution in [2.24, 2.45) is 7.05 Å². The second-order valence-electron chi connectivity index (χ2n) is 9.26. The van der Waals surface area contributed by atoms with Gasteiger partial charge in [-0.25, -0.2) is 4.57 Å². The molecule has 3 heteroatoms. The van der Waals surface area contributed by atoms with Crippen LogP contribution in [-0.2, 0) is 12.5 Å². The smallest absolute Gasteiger partial charge is 0.212 e. The molecule has 168 valence electrons. The van der Waals surface area contributed by atoms with Gasteiger partial charge in [-0.2, -0.15) is 0 Å². The summed E-state index contributed by atoms with van der Waals surface area (Å²) in [7, 11) is 2.10. The molecule has 3 aromatic carbocycles. The zero-order valence-corrected chi connectivity index (χ0v) is 21.7. The van der Waals surface area contributed by atoms with E-state index in [1.54, 1.807) is 12.1 Å². The number of benzene rings is 3. The van der Waals surface area contributed by atoms with E-state index in [0.29, 0.717) is 0 Å². The fourth-order valence-corrected chi connectivity index (χ4v) is 3.86. The van der Waals surface area contributed by atoms with Crippen molar-refractivity contribution in [3.63, 3.8) is 0 Å². The molecule has 1 heterocycles. The van der Waals surface area contributed by atoms with Crippen LogP contribution < -0.4 is 28.5 Å². The summed E-state index contributed by atoms with van der Waals surface area (Å²) in [6, 6.07) is 28.9. The molecule has 33 heavy (non-hydrogen) atoms. The summed E-state index contributed by atoms with van der Waals surface area (Å²) in [5.41, 5.74) is 8.38. The van der Waals surface area contributed by atoms with Gasteiger partial charge in [0.05, 0.1) is 5.56 Å². The van der Waals surface area contributed by atoms with Crippen LogP contribution in [0.3, 0.4) is 0 Å². The normalized spacial score (nSPS) is 11.4. The third-order valence-electron chi connectivity index (χ3n) is 5.79. The van der Waals surface area contributed by atoms with Crippen LogP contribution in [-0.4, -0.2) is 5.11 Å². The van der Waals surface area contributed by atoms with Crippen molar-refractivity contribution in [2.75, 3.05) is 0 Å². The molecule has 0 amide bonds. The predicted octanol–water partition coefficient (Wildman–Crippen LogP) is 4.02. The van der Waals surface area contributed by atoms with Crippen LogP contribution >= 0.6 is 0 Å². The van der Waals surface area contributed by atoms with Gasteiger partial charge in [-0.05, 0) is 51.9 Å². The molecule has 2 nitrogen and oxygen atoms in total. The maximum Gasteiger partial charge on any atom is 0.212 e. The van der Waals surface area contributed by atoms with Gasteiger partial charge in [-0.15, -0.1) is 0 Å². The molecule has 0 saturated heterocycles. The van der Waals surface area contributed by atoms with E-state index in [1.165, 1.54) is 22.3 Å². The summed E-state index contributed by atoms with van der Waals surface area (Å²) < 4.78 is 2.20. The van der Waals surface area contributed by atoms with E-state index in [1.807, 2.05) is 18.2 Å². The van der Waals surface area contributed by atoms with Crippen molar-refractivity contribution in [2.45, 2.75) is 26.2 Å². The zero-order valence-electron chi connectivity index (χ0n) is 19.6.